The van der Waals surface area contributed by atoms with Gasteiger partial charge in [0.25, 0.3) is 0 Å². The first-order valence-electron chi connectivity index (χ1n) is 9.75. The highest BCUT2D eigenvalue weighted by molar-refractivity contribution is 7.99. The van der Waals surface area contributed by atoms with Crippen molar-refractivity contribution in [3.8, 4) is 11.4 Å². The van der Waals surface area contributed by atoms with Crippen LogP contribution < -0.4 is 5.32 Å². The van der Waals surface area contributed by atoms with Crippen LogP contribution in [0.5, 0.6) is 0 Å². The SMILES string of the molecule is CC(C)n1c(SCC(=O)NCC2CCCCC2)nnc1-c1ccc(Cl)cc1Cl. The summed E-state index contributed by atoms with van der Waals surface area (Å²) in [6.45, 7) is 4.90. The minimum Gasteiger partial charge on any atom is -0.355 e. The van der Waals surface area contributed by atoms with Crippen molar-refractivity contribution >= 4 is 40.9 Å². The zero-order chi connectivity index (χ0) is 20.1. The van der Waals surface area contributed by atoms with Crippen LogP contribution >= 0.6 is 35.0 Å². The van der Waals surface area contributed by atoms with Gasteiger partial charge >= 0.3 is 0 Å². The molecule has 8 heteroatoms. The Labute approximate surface area is 180 Å². The third kappa shape index (κ3) is 5.43. The number of halogens is 2. The van der Waals surface area contributed by atoms with Crippen molar-refractivity contribution < 1.29 is 4.79 Å². The molecule has 0 atom stereocenters. The Balaban J connectivity index is 1.65. The predicted octanol–water partition coefficient (Wildman–Crippen LogP) is 5.62. The summed E-state index contributed by atoms with van der Waals surface area (Å²) in [6, 6.07) is 5.46. The second-order valence-electron chi connectivity index (χ2n) is 7.49. The summed E-state index contributed by atoms with van der Waals surface area (Å²) in [4.78, 5) is 12.3. The van der Waals surface area contributed by atoms with Gasteiger partial charge in [-0.1, -0.05) is 54.2 Å². The van der Waals surface area contributed by atoms with E-state index in [2.05, 4.69) is 29.4 Å². The summed E-state index contributed by atoms with van der Waals surface area (Å²) in [6.07, 6.45) is 6.33. The first kappa shape index (κ1) is 21.5. The standard InChI is InChI=1S/C20H26Cl2N4OS/c1-13(2)26-19(16-9-8-15(21)10-17(16)22)24-25-20(26)28-12-18(27)23-11-14-6-4-3-5-7-14/h8-10,13-14H,3-7,11-12H2,1-2H3,(H,23,27). The molecule has 1 amide bonds. The van der Waals surface area contributed by atoms with E-state index < -0.39 is 0 Å². The summed E-state index contributed by atoms with van der Waals surface area (Å²) in [5.74, 6) is 1.67. The molecule has 1 heterocycles. The van der Waals surface area contributed by atoms with Gasteiger partial charge in [0, 0.05) is 23.2 Å². The molecule has 1 saturated carbocycles. The van der Waals surface area contributed by atoms with E-state index in [1.807, 2.05) is 10.6 Å². The molecule has 0 saturated heterocycles. The lowest BCUT2D eigenvalue weighted by Crippen LogP contribution is -2.31. The van der Waals surface area contributed by atoms with Gasteiger partial charge in [-0.05, 0) is 50.8 Å². The van der Waals surface area contributed by atoms with E-state index in [9.17, 15) is 4.79 Å². The van der Waals surface area contributed by atoms with Gasteiger partial charge in [0.05, 0.1) is 10.8 Å². The molecule has 28 heavy (non-hydrogen) atoms. The number of aromatic nitrogens is 3. The fourth-order valence-corrected chi connectivity index (χ4v) is 4.92. The van der Waals surface area contributed by atoms with Crippen LogP contribution in [0.15, 0.2) is 23.4 Å². The number of nitrogens with one attached hydrogen (secondary N) is 1. The van der Waals surface area contributed by atoms with Gasteiger partial charge in [0.2, 0.25) is 5.91 Å². The monoisotopic (exact) mass is 440 g/mol. The van der Waals surface area contributed by atoms with Crippen LogP contribution in [0, 0.1) is 5.92 Å². The average molecular weight is 441 g/mol. The topological polar surface area (TPSA) is 59.8 Å². The predicted molar refractivity (Wildman–Crippen MR) is 116 cm³/mol. The second kappa shape index (κ2) is 9.99. The van der Waals surface area contributed by atoms with E-state index in [0.717, 1.165) is 12.1 Å². The van der Waals surface area contributed by atoms with E-state index in [-0.39, 0.29) is 11.9 Å². The maximum Gasteiger partial charge on any atom is 0.230 e. The summed E-state index contributed by atoms with van der Waals surface area (Å²) < 4.78 is 2.01. The molecule has 1 aromatic carbocycles. The van der Waals surface area contributed by atoms with Crippen molar-refractivity contribution in [1.82, 2.24) is 20.1 Å². The molecule has 0 spiro atoms. The molecule has 0 bridgehead atoms. The summed E-state index contributed by atoms with van der Waals surface area (Å²) >= 11 is 13.8. The molecule has 0 aliphatic heterocycles. The van der Waals surface area contributed by atoms with Crippen molar-refractivity contribution in [1.29, 1.82) is 0 Å². The Kier molecular flexibility index (Phi) is 7.66. The van der Waals surface area contributed by atoms with Crippen molar-refractivity contribution in [3.05, 3.63) is 28.2 Å². The van der Waals surface area contributed by atoms with Gasteiger partial charge < -0.3 is 5.32 Å². The molecule has 3 rings (SSSR count). The Morgan fingerprint density at radius 3 is 2.68 bits per heavy atom. The van der Waals surface area contributed by atoms with E-state index in [1.165, 1.54) is 43.9 Å². The van der Waals surface area contributed by atoms with Crippen molar-refractivity contribution in [2.45, 2.75) is 57.1 Å². The fraction of sp³-hybridized carbons (Fsp3) is 0.550. The number of carbonyl (C=O) groups excluding carboxylic acids is 1. The molecule has 5 nitrogen and oxygen atoms in total. The number of benzene rings is 1. The quantitative estimate of drug-likeness (QED) is 0.567. The van der Waals surface area contributed by atoms with E-state index in [4.69, 9.17) is 23.2 Å². The molecule has 1 aliphatic carbocycles. The van der Waals surface area contributed by atoms with Gasteiger partial charge in [-0.3, -0.25) is 9.36 Å². The van der Waals surface area contributed by atoms with Gasteiger partial charge in [-0.15, -0.1) is 10.2 Å². The number of hydrogen-bond acceptors (Lipinski definition) is 4. The van der Waals surface area contributed by atoms with Gasteiger partial charge in [-0.2, -0.15) is 0 Å². The molecular formula is C20H26Cl2N4OS. The molecule has 152 valence electrons. The number of carbonyl (C=O) groups is 1. The normalized spacial score (nSPS) is 15.2. The van der Waals surface area contributed by atoms with Crippen molar-refractivity contribution in [2.24, 2.45) is 5.92 Å². The fourth-order valence-electron chi connectivity index (χ4n) is 3.53. The lowest BCUT2D eigenvalue weighted by Gasteiger charge is -2.21. The third-order valence-corrected chi connectivity index (χ3v) is 6.49. The first-order valence-corrected chi connectivity index (χ1v) is 11.5. The smallest absolute Gasteiger partial charge is 0.230 e. The summed E-state index contributed by atoms with van der Waals surface area (Å²) in [7, 11) is 0. The Bertz CT molecular complexity index is 819. The van der Waals surface area contributed by atoms with Gasteiger partial charge in [-0.25, -0.2) is 0 Å². The molecule has 1 aliphatic rings. The molecule has 1 N–H and O–H groups in total. The van der Waals surface area contributed by atoms with Gasteiger partial charge in [0.15, 0.2) is 11.0 Å². The molecule has 0 unspecified atom stereocenters. The minimum absolute atomic E-state index is 0.0416. The van der Waals surface area contributed by atoms with Crippen LogP contribution in [-0.4, -0.2) is 33.0 Å². The highest BCUT2D eigenvalue weighted by Gasteiger charge is 2.20. The largest absolute Gasteiger partial charge is 0.355 e. The molecule has 2 aromatic rings. The zero-order valence-electron chi connectivity index (χ0n) is 16.3. The maximum atomic E-state index is 12.3. The third-order valence-electron chi connectivity index (χ3n) is 5.00. The number of amides is 1. The molecule has 1 fully saturated rings. The van der Waals surface area contributed by atoms with Crippen LogP contribution in [0.4, 0.5) is 0 Å². The number of hydrogen-bond donors (Lipinski definition) is 1. The van der Waals surface area contributed by atoms with Gasteiger partial charge in [0.1, 0.15) is 0 Å². The average Bonchev–Trinajstić information content (AvgIpc) is 3.09. The van der Waals surface area contributed by atoms with Crippen LogP contribution in [0.1, 0.15) is 52.0 Å². The van der Waals surface area contributed by atoms with Crippen molar-refractivity contribution in [3.63, 3.8) is 0 Å². The summed E-state index contributed by atoms with van der Waals surface area (Å²) in [5.41, 5.74) is 0.779. The zero-order valence-corrected chi connectivity index (χ0v) is 18.6. The van der Waals surface area contributed by atoms with Crippen LogP contribution in [0.3, 0.4) is 0 Å². The van der Waals surface area contributed by atoms with E-state index >= 15 is 0 Å². The second-order valence-corrected chi connectivity index (χ2v) is 9.28. The highest BCUT2D eigenvalue weighted by atomic mass is 35.5. The van der Waals surface area contributed by atoms with E-state index in [0.29, 0.717) is 32.7 Å². The number of nitrogens with zero attached hydrogens (tertiary/aromatic N) is 3. The lowest BCUT2D eigenvalue weighted by molar-refractivity contribution is -0.118. The summed E-state index contributed by atoms with van der Waals surface area (Å²) in [5, 5.41) is 13.5. The Morgan fingerprint density at radius 2 is 2.00 bits per heavy atom. The highest BCUT2D eigenvalue weighted by Crippen LogP contribution is 2.33. The molecule has 1 aromatic heterocycles. The first-order chi connectivity index (χ1) is 13.5. The molecular weight excluding hydrogens is 415 g/mol. The minimum atomic E-state index is 0.0416. The Morgan fingerprint density at radius 1 is 1.25 bits per heavy atom. The van der Waals surface area contributed by atoms with Crippen LogP contribution in [0.2, 0.25) is 10.0 Å². The molecule has 0 radical (unpaired) electrons. The van der Waals surface area contributed by atoms with Crippen LogP contribution in [-0.2, 0) is 4.79 Å². The van der Waals surface area contributed by atoms with E-state index in [1.54, 1.807) is 12.1 Å². The van der Waals surface area contributed by atoms with Crippen LogP contribution in [0.25, 0.3) is 11.4 Å². The Hall–Kier alpha value is -1.24. The number of thioether (sulfide) groups is 1. The maximum absolute atomic E-state index is 12.3. The van der Waals surface area contributed by atoms with Crippen molar-refractivity contribution in [2.75, 3.05) is 12.3 Å². The number of rotatable bonds is 7. The lowest BCUT2D eigenvalue weighted by atomic mass is 9.89.